The highest BCUT2D eigenvalue weighted by atomic mass is 16.2. The summed E-state index contributed by atoms with van der Waals surface area (Å²) in [5.74, 6) is -0.382. The number of carbonyl (C=O) groups is 3. The fraction of sp³-hybridized carbons (Fsp3) is 0.792. The molecule has 1 rings (SSSR count). The van der Waals surface area contributed by atoms with Crippen LogP contribution in [0.1, 0.15) is 74.1 Å². The summed E-state index contributed by atoms with van der Waals surface area (Å²) in [6.45, 7) is 14.9. The van der Waals surface area contributed by atoms with Gasteiger partial charge in [-0.1, -0.05) is 46.6 Å². The molecular weight excluding hydrogens is 392 g/mol. The molecule has 180 valence electrons. The van der Waals surface area contributed by atoms with Crippen molar-refractivity contribution in [3.05, 3.63) is 11.6 Å². The van der Waals surface area contributed by atoms with Gasteiger partial charge in [-0.2, -0.15) is 0 Å². The number of hydrogen-bond donors (Lipinski definition) is 2. The molecule has 7 heteroatoms. The first kappa shape index (κ1) is 29.1. The Hall–Kier alpha value is -1.89. The van der Waals surface area contributed by atoms with Gasteiger partial charge in [-0.3, -0.25) is 19.3 Å². The highest BCUT2D eigenvalue weighted by Gasteiger charge is 2.32. The van der Waals surface area contributed by atoms with Gasteiger partial charge in [-0.15, -0.1) is 0 Å². The fourth-order valence-electron chi connectivity index (χ4n) is 3.24. The second-order valence-corrected chi connectivity index (χ2v) is 9.16. The monoisotopic (exact) mass is 438 g/mol. The zero-order valence-electron chi connectivity index (χ0n) is 21.2. The van der Waals surface area contributed by atoms with Crippen LogP contribution >= 0.6 is 0 Å². The first-order chi connectivity index (χ1) is 14.5. The summed E-state index contributed by atoms with van der Waals surface area (Å²) in [5.41, 5.74) is 0.572. The van der Waals surface area contributed by atoms with Crippen LogP contribution in [0.25, 0.3) is 0 Å². The minimum Gasteiger partial charge on any atom is -0.350 e. The van der Waals surface area contributed by atoms with Gasteiger partial charge in [0.05, 0.1) is 6.04 Å². The van der Waals surface area contributed by atoms with E-state index in [1.54, 1.807) is 24.9 Å². The second kappa shape index (κ2) is 15.0. The molecule has 0 aromatic heterocycles. The standard InChI is InChI=1S/C21H38N4O3.C3H8/c1-14(2)18(23-20(27)17-10-8-9-12-24(17)6)21(28)25(7)13-11-16(5)19(26)22-15(3)4;1-3-2/h11,14-15,17-18H,8-10,12-13H2,1-7H3,(H,22,26)(H,23,27);3H2,1-2H3/b16-11+;. The zero-order valence-corrected chi connectivity index (χ0v) is 21.2. The largest absolute Gasteiger partial charge is 0.350 e. The van der Waals surface area contributed by atoms with Crippen LogP contribution in [-0.2, 0) is 14.4 Å². The number of hydrogen-bond acceptors (Lipinski definition) is 4. The van der Waals surface area contributed by atoms with Crippen LogP contribution in [0.4, 0.5) is 0 Å². The van der Waals surface area contributed by atoms with Crippen LogP contribution in [0, 0.1) is 5.92 Å². The Morgan fingerprint density at radius 3 is 2.16 bits per heavy atom. The van der Waals surface area contributed by atoms with E-state index in [4.69, 9.17) is 0 Å². The molecule has 0 aliphatic carbocycles. The predicted molar refractivity (Wildman–Crippen MR) is 128 cm³/mol. The summed E-state index contributed by atoms with van der Waals surface area (Å²) >= 11 is 0. The summed E-state index contributed by atoms with van der Waals surface area (Å²) in [4.78, 5) is 41.2. The van der Waals surface area contributed by atoms with Crippen molar-refractivity contribution in [1.29, 1.82) is 0 Å². The zero-order chi connectivity index (χ0) is 24.1. The lowest BCUT2D eigenvalue weighted by Gasteiger charge is -2.34. The van der Waals surface area contributed by atoms with Gasteiger partial charge < -0.3 is 15.5 Å². The van der Waals surface area contributed by atoms with E-state index in [9.17, 15) is 14.4 Å². The summed E-state index contributed by atoms with van der Waals surface area (Å²) < 4.78 is 0. The molecule has 1 aliphatic rings. The van der Waals surface area contributed by atoms with E-state index >= 15 is 0 Å². The molecule has 0 bridgehead atoms. The Bertz CT molecular complexity index is 602. The van der Waals surface area contributed by atoms with E-state index in [-0.39, 0.29) is 35.7 Å². The number of piperidine rings is 1. The molecule has 0 saturated carbocycles. The summed E-state index contributed by atoms with van der Waals surface area (Å²) in [5, 5.41) is 5.79. The maximum Gasteiger partial charge on any atom is 0.246 e. The van der Waals surface area contributed by atoms with Gasteiger partial charge in [0.25, 0.3) is 0 Å². The number of nitrogens with one attached hydrogen (secondary N) is 2. The quantitative estimate of drug-likeness (QED) is 0.571. The van der Waals surface area contributed by atoms with Gasteiger partial charge in [0.2, 0.25) is 17.7 Å². The van der Waals surface area contributed by atoms with E-state index in [1.807, 2.05) is 34.7 Å². The molecule has 2 unspecified atom stereocenters. The fourth-order valence-corrected chi connectivity index (χ4v) is 3.24. The number of carbonyl (C=O) groups excluding carboxylic acids is 3. The maximum atomic E-state index is 12.9. The van der Waals surface area contributed by atoms with Crippen molar-refractivity contribution >= 4 is 17.7 Å². The molecule has 1 heterocycles. The third-order valence-corrected chi connectivity index (χ3v) is 5.13. The van der Waals surface area contributed by atoms with Crippen LogP contribution in [0.3, 0.4) is 0 Å². The molecule has 0 radical (unpaired) electrons. The molecule has 3 amide bonds. The normalized spacial score (nSPS) is 18.2. The summed E-state index contributed by atoms with van der Waals surface area (Å²) in [6, 6.07) is -0.685. The number of likely N-dealkylation sites (N-methyl/N-ethyl adjacent to an activating group) is 2. The average Bonchev–Trinajstić information content (AvgIpc) is 2.69. The molecule has 0 aromatic rings. The number of rotatable bonds is 8. The van der Waals surface area contributed by atoms with E-state index in [2.05, 4.69) is 29.4 Å². The van der Waals surface area contributed by atoms with E-state index in [0.29, 0.717) is 12.1 Å². The highest BCUT2D eigenvalue weighted by Crippen LogP contribution is 2.16. The lowest BCUT2D eigenvalue weighted by atomic mass is 9.99. The Kier molecular flexibility index (Phi) is 14.1. The second-order valence-electron chi connectivity index (χ2n) is 9.16. The van der Waals surface area contributed by atoms with Crippen LogP contribution in [0.5, 0.6) is 0 Å². The number of likely N-dealkylation sites (tertiary alicyclic amines) is 1. The predicted octanol–water partition coefficient (Wildman–Crippen LogP) is 2.96. The van der Waals surface area contributed by atoms with Gasteiger partial charge in [0.15, 0.2) is 0 Å². The Morgan fingerprint density at radius 2 is 1.68 bits per heavy atom. The first-order valence-electron chi connectivity index (χ1n) is 11.7. The Morgan fingerprint density at radius 1 is 1.10 bits per heavy atom. The Balaban J connectivity index is 0.00000282. The third-order valence-electron chi connectivity index (χ3n) is 5.13. The lowest BCUT2D eigenvalue weighted by Crippen LogP contribution is -2.56. The topological polar surface area (TPSA) is 81.8 Å². The molecule has 2 N–H and O–H groups in total. The van der Waals surface area contributed by atoms with Crippen LogP contribution < -0.4 is 10.6 Å². The molecule has 1 aliphatic heterocycles. The maximum absolute atomic E-state index is 12.9. The van der Waals surface area contributed by atoms with Gasteiger partial charge in [-0.25, -0.2) is 0 Å². The SMILES string of the molecule is C/C(=C\CN(C)C(=O)C(NC(=O)C1CCCCN1C)C(C)C)C(=O)NC(C)C.CCC. The first-order valence-corrected chi connectivity index (χ1v) is 11.7. The van der Waals surface area contributed by atoms with E-state index < -0.39 is 6.04 Å². The van der Waals surface area contributed by atoms with Crippen LogP contribution in [-0.4, -0.2) is 72.8 Å². The van der Waals surface area contributed by atoms with Crippen molar-refractivity contribution in [3.63, 3.8) is 0 Å². The van der Waals surface area contributed by atoms with Gasteiger partial charge >= 0.3 is 0 Å². The molecule has 2 atom stereocenters. The number of nitrogens with zero attached hydrogens (tertiary/aromatic N) is 2. The lowest BCUT2D eigenvalue weighted by molar-refractivity contribution is -0.138. The molecule has 0 spiro atoms. The van der Waals surface area contributed by atoms with Crippen molar-refractivity contribution in [2.45, 2.75) is 92.3 Å². The highest BCUT2D eigenvalue weighted by molar-refractivity contribution is 5.93. The summed E-state index contributed by atoms with van der Waals surface area (Å²) in [7, 11) is 3.65. The van der Waals surface area contributed by atoms with Gasteiger partial charge in [-0.05, 0) is 53.1 Å². The molecule has 1 fully saturated rings. The minimum absolute atomic E-state index is 0.0258. The minimum atomic E-state index is -0.578. The summed E-state index contributed by atoms with van der Waals surface area (Å²) in [6.07, 6.45) is 5.95. The van der Waals surface area contributed by atoms with Crippen molar-refractivity contribution in [1.82, 2.24) is 20.4 Å². The Labute approximate surface area is 190 Å². The van der Waals surface area contributed by atoms with Crippen molar-refractivity contribution in [2.75, 3.05) is 27.2 Å². The van der Waals surface area contributed by atoms with Crippen molar-refractivity contribution < 1.29 is 14.4 Å². The molecular formula is C24H46N4O3. The van der Waals surface area contributed by atoms with Crippen molar-refractivity contribution in [2.24, 2.45) is 5.92 Å². The molecule has 7 nitrogen and oxygen atoms in total. The smallest absolute Gasteiger partial charge is 0.246 e. The van der Waals surface area contributed by atoms with Crippen LogP contribution in [0.15, 0.2) is 11.6 Å². The number of amides is 3. The third kappa shape index (κ3) is 10.8. The average molecular weight is 439 g/mol. The van der Waals surface area contributed by atoms with E-state index in [0.717, 1.165) is 25.8 Å². The van der Waals surface area contributed by atoms with Gasteiger partial charge in [0, 0.05) is 25.2 Å². The van der Waals surface area contributed by atoms with Gasteiger partial charge in [0.1, 0.15) is 6.04 Å². The molecule has 31 heavy (non-hydrogen) atoms. The van der Waals surface area contributed by atoms with E-state index in [1.165, 1.54) is 6.42 Å². The van der Waals surface area contributed by atoms with Crippen LogP contribution in [0.2, 0.25) is 0 Å². The van der Waals surface area contributed by atoms with Crippen molar-refractivity contribution in [3.8, 4) is 0 Å². The molecule has 1 saturated heterocycles. The molecule has 0 aromatic carbocycles.